The highest BCUT2D eigenvalue weighted by Crippen LogP contribution is 2.45. The monoisotopic (exact) mass is 888 g/mol. The van der Waals surface area contributed by atoms with E-state index in [1.54, 1.807) is 0 Å². The molecule has 0 aliphatic carbocycles. The van der Waals surface area contributed by atoms with Crippen LogP contribution in [-0.2, 0) is 30.4 Å². The molecule has 344 valence electrons. The van der Waals surface area contributed by atoms with Crippen molar-refractivity contribution in [3.63, 3.8) is 0 Å². The van der Waals surface area contributed by atoms with E-state index in [9.17, 15) is 19.2 Å². The van der Waals surface area contributed by atoms with Crippen LogP contribution in [0.3, 0.4) is 0 Å². The minimum Gasteiger partial charge on any atom is -0.488 e. The molecule has 5 aromatic rings. The summed E-state index contributed by atoms with van der Waals surface area (Å²) in [4.78, 5) is 74.3. The molecular weight excluding hydrogens is 829 g/mol. The molecule has 3 aromatic carbocycles. The quantitative estimate of drug-likeness (QED) is 0.101. The zero-order valence-electron chi connectivity index (χ0n) is 38.1. The number of likely N-dealkylation sites (tertiary alicyclic amines) is 2. The van der Waals surface area contributed by atoms with Gasteiger partial charge < -0.3 is 49.3 Å². The van der Waals surface area contributed by atoms with Crippen molar-refractivity contribution in [1.29, 1.82) is 0 Å². The molecule has 1 unspecified atom stereocenters. The van der Waals surface area contributed by atoms with Gasteiger partial charge in [0.2, 0.25) is 11.8 Å². The third kappa shape index (κ3) is 8.25. The molecule has 4 aliphatic heterocycles. The Hall–Kier alpha value is -6.16. The van der Waals surface area contributed by atoms with E-state index in [-0.39, 0.29) is 47.8 Å². The summed E-state index contributed by atoms with van der Waals surface area (Å²) in [6, 6.07) is 12.8. The smallest absolute Gasteiger partial charge is 0.407 e. The Balaban J connectivity index is 0.969. The Kier molecular flexibility index (Phi) is 12.5. The van der Waals surface area contributed by atoms with Crippen LogP contribution in [0, 0.1) is 11.8 Å². The molecule has 0 radical (unpaired) electrons. The summed E-state index contributed by atoms with van der Waals surface area (Å²) in [5, 5.41) is 7.64. The van der Waals surface area contributed by atoms with Gasteiger partial charge in [0.25, 0.3) is 0 Å². The van der Waals surface area contributed by atoms with E-state index in [1.807, 2.05) is 35.9 Å². The predicted molar refractivity (Wildman–Crippen MR) is 244 cm³/mol. The van der Waals surface area contributed by atoms with Gasteiger partial charge in [0.1, 0.15) is 36.1 Å². The molecule has 4 aliphatic rings. The maximum atomic E-state index is 14.4. The molecule has 4 N–H and O–H groups in total. The van der Waals surface area contributed by atoms with Crippen molar-refractivity contribution in [3.05, 3.63) is 65.9 Å². The fourth-order valence-corrected chi connectivity index (χ4v) is 10.7. The summed E-state index contributed by atoms with van der Waals surface area (Å²) in [5.74, 6) is 1.80. The predicted octanol–water partition coefficient (Wildman–Crippen LogP) is 8.08. The van der Waals surface area contributed by atoms with E-state index in [4.69, 9.17) is 28.9 Å². The number of nitrogens with one attached hydrogen (secondary N) is 4. The number of carbonyl (C=O) groups excluding carboxylic acids is 4. The van der Waals surface area contributed by atoms with Crippen LogP contribution in [-0.4, -0.2) is 105 Å². The number of amides is 4. The van der Waals surface area contributed by atoms with E-state index < -0.39 is 24.3 Å². The van der Waals surface area contributed by atoms with E-state index in [2.05, 4.69) is 70.8 Å². The minimum absolute atomic E-state index is 0.0222. The molecule has 0 saturated carbocycles. The first-order chi connectivity index (χ1) is 31.5. The average molecular weight is 889 g/mol. The maximum absolute atomic E-state index is 14.4. The Labute approximate surface area is 378 Å². The number of aromatic amines is 2. The van der Waals surface area contributed by atoms with Crippen molar-refractivity contribution in [1.82, 2.24) is 40.4 Å². The number of ether oxygens (including phenoxy) is 4. The second-order valence-corrected chi connectivity index (χ2v) is 18.2. The zero-order chi connectivity index (χ0) is 45.5. The second-order valence-electron chi connectivity index (χ2n) is 18.2. The number of alkyl carbamates (subject to hydrolysis) is 2. The number of aromatic nitrogens is 4. The van der Waals surface area contributed by atoms with Crippen LogP contribution in [0.2, 0.25) is 0 Å². The van der Waals surface area contributed by atoms with Gasteiger partial charge in [-0.1, -0.05) is 45.9 Å². The fraction of sp³-hybridized carbons (Fsp3) is 0.510. The number of hydrogen-bond donors (Lipinski definition) is 4. The van der Waals surface area contributed by atoms with Gasteiger partial charge in [-0.2, -0.15) is 0 Å². The van der Waals surface area contributed by atoms with E-state index in [0.717, 1.165) is 106 Å². The second kappa shape index (κ2) is 18.4. The van der Waals surface area contributed by atoms with Gasteiger partial charge in [0.05, 0.1) is 49.2 Å². The Morgan fingerprint density at radius 1 is 0.800 bits per heavy atom. The van der Waals surface area contributed by atoms with Crippen molar-refractivity contribution < 1.29 is 38.1 Å². The maximum Gasteiger partial charge on any atom is 0.407 e. The number of H-pyrrole nitrogens is 2. The first kappa shape index (κ1) is 44.1. The molecule has 3 saturated heterocycles. The molecule has 16 nitrogen and oxygen atoms in total. The number of imidazole rings is 2. The summed E-state index contributed by atoms with van der Waals surface area (Å²) in [6.07, 6.45) is 6.74. The van der Waals surface area contributed by atoms with Gasteiger partial charge >= 0.3 is 12.2 Å². The molecule has 4 amide bonds. The van der Waals surface area contributed by atoms with Crippen LogP contribution in [0.15, 0.2) is 48.7 Å². The van der Waals surface area contributed by atoms with Gasteiger partial charge in [-0.3, -0.25) is 9.59 Å². The van der Waals surface area contributed by atoms with Crippen molar-refractivity contribution >= 4 is 45.8 Å². The van der Waals surface area contributed by atoms with Gasteiger partial charge in [0, 0.05) is 36.2 Å². The standard InChI is InChI=1S/C49H60N8O8/c1-7-31-11-15-38(56(31)47(59)42(55-49(61)63-6)27-17-19-64-20-18-27)44-50-24-37(52-44)29-9-13-33-30(21-29)25-65-40-23-34-28(22-35(33)40)10-14-36-43(34)53-45(51-36)39-16-12-32(8-2)57(39)46(58)41(26(3)4)54-48(60)62-5/h9-10,13-14,21-24,26-27,31-32,38-39,41-42H,7-8,11-12,15-20,25H2,1-6H3,(H,50,52)(H,51,53)(H,54,60)(H,55,61)/t31-,32-,38-,39-,41-,42?/m0/s1. The highest BCUT2D eigenvalue weighted by atomic mass is 16.5. The number of fused-ring (bicyclic) bond motifs is 6. The van der Waals surface area contributed by atoms with Crippen LogP contribution in [0.25, 0.3) is 44.2 Å². The number of carbonyl (C=O) groups is 4. The molecular formula is C49H60N8O8. The first-order valence-corrected chi connectivity index (χ1v) is 23.2. The third-order valence-electron chi connectivity index (χ3n) is 14.2. The Morgan fingerprint density at radius 2 is 1.49 bits per heavy atom. The first-order valence-electron chi connectivity index (χ1n) is 23.2. The number of hydrogen-bond acceptors (Lipinski definition) is 10. The van der Waals surface area contributed by atoms with E-state index in [1.165, 1.54) is 14.2 Å². The summed E-state index contributed by atoms with van der Waals surface area (Å²) < 4.78 is 21.9. The van der Waals surface area contributed by atoms with Gasteiger partial charge in [-0.05, 0) is 110 Å². The van der Waals surface area contributed by atoms with Crippen LogP contribution in [0.1, 0.15) is 108 Å². The molecule has 9 rings (SSSR count). The lowest BCUT2D eigenvalue weighted by atomic mass is 9.90. The SMILES string of the molecule is CC[C@H]1CC[C@@H](c2ncc(-c3ccc4c(c3)COc3cc5c(ccc6nc([C@@H]7CC[C@H](CC)N7C(=O)[C@@H](NC(=O)OC)C(C)C)[nH]c65)cc3-4)[nH]2)N1C(=O)C(NC(=O)OC)C1CCOCC1. The average Bonchev–Trinajstić information content (AvgIpc) is 4.16. The Bertz CT molecular complexity index is 2600. The highest BCUT2D eigenvalue weighted by molar-refractivity contribution is 6.07. The molecule has 3 fully saturated rings. The molecule has 6 atom stereocenters. The highest BCUT2D eigenvalue weighted by Gasteiger charge is 2.45. The number of benzene rings is 3. The van der Waals surface area contributed by atoms with Gasteiger partial charge in [0.15, 0.2) is 0 Å². The number of methoxy groups -OCH3 is 2. The van der Waals surface area contributed by atoms with Gasteiger partial charge in [-0.15, -0.1) is 0 Å². The largest absolute Gasteiger partial charge is 0.488 e. The summed E-state index contributed by atoms with van der Waals surface area (Å²) in [5.41, 5.74) is 6.62. The van der Waals surface area contributed by atoms with Crippen LogP contribution >= 0.6 is 0 Å². The molecule has 0 spiro atoms. The summed E-state index contributed by atoms with van der Waals surface area (Å²) >= 11 is 0. The molecule has 16 heteroatoms. The van der Waals surface area contributed by atoms with Crippen molar-refractivity contribution in [2.45, 2.75) is 122 Å². The minimum atomic E-state index is -0.726. The van der Waals surface area contributed by atoms with E-state index in [0.29, 0.717) is 32.7 Å². The lowest BCUT2D eigenvalue weighted by Crippen LogP contribution is -2.54. The summed E-state index contributed by atoms with van der Waals surface area (Å²) in [6.45, 7) is 9.50. The van der Waals surface area contributed by atoms with Crippen molar-refractivity contribution in [3.8, 4) is 28.1 Å². The lowest BCUT2D eigenvalue weighted by Gasteiger charge is -2.36. The topological polar surface area (TPSA) is 193 Å². The molecule has 65 heavy (non-hydrogen) atoms. The van der Waals surface area contributed by atoms with Crippen LogP contribution in [0.5, 0.6) is 5.75 Å². The van der Waals surface area contributed by atoms with Crippen molar-refractivity contribution in [2.75, 3.05) is 27.4 Å². The van der Waals surface area contributed by atoms with Crippen LogP contribution < -0.4 is 15.4 Å². The normalized spacial score (nSPS) is 21.8. The van der Waals surface area contributed by atoms with Crippen LogP contribution in [0.4, 0.5) is 9.59 Å². The number of rotatable bonds is 11. The Morgan fingerprint density at radius 3 is 2.18 bits per heavy atom. The molecule has 2 aromatic heterocycles. The molecule has 0 bridgehead atoms. The third-order valence-corrected chi connectivity index (χ3v) is 14.2. The van der Waals surface area contributed by atoms with Gasteiger partial charge in [-0.25, -0.2) is 19.6 Å². The zero-order valence-corrected chi connectivity index (χ0v) is 38.1. The van der Waals surface area contributed by atoms with Crippen molar-refractivity contribution in [2.24, 2.45) is 11.8 Å². The number of nitrogens with zero attached hydrogens (tertiary/aromatic N) is 4. The van der Waals surface area contributed by atoms with E-state index >= 15 is 0 Å². The summed E-state index contributed by atoms with van der Waals surface area (Å²) in [7, 11) is 2.62. The molecule has 6 heterocycles. The fourth-order valence-electron chi connectivity index (χ4n) is 10.7. The lowest BCUT2D eigenvalue weighted by molar-refractivity contribution is -0.139.